The molecule has 0 amide bonds. The Morgan fingerprint density at radius 1 is 0.800 bits per heavy atom. The molecule has 2 aromatic heterocycles. The minimum absolute atomic E-state index is 0.342. The molecule has 76 valence electrons. The van der Waals surface area contributed by atoms with Crippen LogP contribution in [-0.4, -0.2) is 0 Å². The van der Waals surface area contributed by atoms with E-state index in [1.54, 1.807) is 36.4 Å². The fourth-order valence-electron chi connectivity index (χ4n) is 1.39. The molecule has 2 heterocycles. The molecule has 0 fully saturated rings. The van der Waals surface area contributed by atoms with Gasteiger partial charge in [0.1, 0.15) is 6.42 Å². The maximum absolute atomic E-state index is 11.3. The van der Waals surface area contributed by atoms with Gasteiger partial charge in [-0.05, 0) is 12.1 Å². The lowest BCUT2D eigenvalue weighted by Gasteiger charge is -2.04. The summed E-state index contributed by atoms with van der Waals surface area (Å²) in [7, 11) is 0. The summed E-state index contributed by atoms with van der Waals surface area (Å²) in [6.07, 6.45) is 3.19. The van der Waals surface area contributed by atoms with Crippen molar-refractivity contribution in [3.8, 4) is 0 Å². The molecule has 0 saturated heterocycles. The fraction of sp³-hybridized carbons (Fsp3) is 0.0909. The largest absolute Gasteiger partial charge is 0.618 e. The van der Waals surface area contributed by atoms with Gasteiger partial charge < -0.3 is 10.4 Å². The highest BCUT2D eigenvalue weighted by Gasteiger charge is 2.11. The molecule has 0 saturated carbocycles. The second-order valence-electron chi connectivity index (χ2n) is 3.21. The first-order valence-electron chi connectivity index (χ1n) is 4.61. The Morgan fingerprint density at radius 3 is 1.67 bits per heavy atom. The van der Waals surface area contributed by atoms with Crippen molar-refractivity contribution in [2.24, 2.45) is 0 Å². The summed E-state index contributed by atoms with van der Waals surface area (Å²) in [6.45, 7) is 0. The van der Waals surface area contributed by atoms with E-state index in [9.17, 15) is 10.4 Å². The van der Waals surface area contributed by atoms with E-state index < -0.39 is 0 Å². The molecule has 0 aliphatic rings. The van der Waals surface area contributed by atoms with Gasteiger partial charge in [0.05, 0.1) is 0 Å². The lowest BCUT2D eigenvalue weighted by molar-refractivity contribution is -0.627. The van der Waals surface area contributed by atoms with Gasteiger partial charge in [-0.2, -0.15) is 9.46 Å². The molecule has 0 aliphatic carbocycles. The minimum Gasteiger partial charge on any atom is -0.618 e. The number of pyridine rings is 2. The van der Waals surface area contributed by atoms with E-state index in [2.05, 4.69) is 0 Å². The van der Waals surface area contributed by atoms with Crippen LogP contribution in [0, 0.1) is 10.4 Å². The molecule has 4 heteroatoms. The van der Waals surface area contributed by atoms with Crippen LogP contribution in [0.25, 0.3) is 0 Å². The first kappa shape index (κ1) is 9.45. The third kappa shape index (κ3) is 2.04. The monoisotopic (exact) mass is 202 g/mol. The highest BCUT2D eigenvalue weighted by molar-refractivity contribution is 5.08. The maximum atomic E-state index is 11.3. The van der Waals surface area contributed by atoms with Gasteiger partial charge in [-0.25, -0.2) is 0 Å². The third-order valence-electron chi connectivity index (χ3n) is 2.17. The standard InChI is InChI=1S/C11H10N2O2/c14-12-7-3-1-5-10(12)9-11-6-2-4-8-13(11)15/h1-8H,9H2. The lowest BCUT2D eigenvalue weighted by Crippen LogP contribution is -2.36. The van der Waals surface area contributed by atoms with Crippen molar-refractivity contribution < 1.29 is 9.46 Å². The van der Waals surface area contributed by atoms with E-state index in [0.717, 1.165) is 9.46 Å². The van der Waals surface area contributed by atoms with Crippen molar-refractivity contribution in [3.63, 3.8) is 0 Å². The molecule has 0 aromatic carbocycles. The Kier molecular flexibility index (Phi) is 2.49. The second-order valence-corrected chi connectivity index (χ2v) is 3.21. The van der Waals surface area contributed by atoms with E-state index in [4.69, 9.17) is 0 Å². The summed E-state index contributed by atoms with van der Waals surface area (Å²) in [5, 5.41) is 22.7. The molecule has 2 rings (SSSR count). The highest BCUT2D eigenvalue weighted by atomic mass is 16.5. The SMILES string of the molecule is [O-][n+]1ccccc1Cc1cccc[n+]1[O-]. The molecule has 0 N–H and O–H groups in total. The summed E-state index contributed by atoms with van der Waals surface area (Å²) in [6, 6.07) is 10.3. The van der Waals surface area contributed by atoms with Gasteiger partial charge in [0.15, 0.2) is 12.4 Å². The predicted molar refractivity (Wildman–Crippen MR) is 53.6 cm³/mol. The topological polar surface area (TPSA) is 53.9 Å². The van der Waals surface area contributed by atoms with Gasteiger partial charge in [0.2, 0.25) is 11.4 Å². The summed E-state index contributed by atoms with van der Waals surface area (Å²) in [5.41, 5.74) is 1.13. The molecule has 4 nitrogen and oxygen atoms in total. The Bertz CT molecular complexity index is 428. The highest BCUT2D eigenvalue weighted by Crippen LogP contribution is 2.00. The number of hydrogen-bond acceptors (Lipinski definition) is 2. The minimum atomic E-state index is 0.342. The fourth-order valence-corrected chi connectivity index (χ4v) is 1.39. The van der Waals surface area contributed by atoms with Crippen LogP contribution >= 0.6 is 0 Å². The zero-order valence-electron chi connectivity index (χ0n) is 8.04. The summed E-state index contributed by atoms with van der Waals surface area (Å²) in [4.78, 5) is 0. The number of aromatic nitrogens is 2. The summed E-state index contributed by atoms with van der Waals surface area (Å²) < 4.78 is 1.54. The van der Waals surface area contributed by atoms with Gasteiger partial charge in [0, 0.05) is 24.3 Å². The van der Waals surface area contributed by atoms with Crippen molar-refractivity contribution in [2.75, 3.05) is 0 Å². The van der Waals surface area contributed by atoms with E-state index in [1.807, 2.05) is 0 Å². The smallest absolute Gasteiger partial charge is 0.203 e. The Balaban J connectivity index is 2.30. The first-order chi connectivity index (χ1) is 7.27. The zero-order chi connectivity index (χ0) is 10.7. The van der Waals surface area contributed by atoms with Crippen molar-refractivity contribution in [3.05, 3.63) is 70.6 Å². The van der Waals surface area contributed by atoms with Crippen LogP contribution in [0.5, 0.6) is 0 Å². The molecular weight excluding hydrogens is 192 g/mol. The molecule has 2 aromatic rings. The van der Waals surface area contributed by atoms with E-state index in [-0.39, 0.29) is 0 Å². The molecule has 15 heavy (non-hydrogen) atoms. The molecule has 0 spiro atoms. The molecule has 0 bridgehead atoms. The number of nitrogens with zero attached hydrogens (tertiary/aromatic N) is 2. The Hall–Kier alpha value is -2.10. The van der Waals surface area contributed by atoms with Crippen molar-refractivity contribution in [1.29, 1.82) is 0 Å². The van der Waals surface area contributed by atoms with Crippen LogP contribution < -0.4 is 9.46 Å². The quantitative estimate of drug-likeness (QED) is 0.527. The number of hydrogen-bond donors (Lipinski definition) is 0. The van der Waals surface area contributed by atoms with Crippen molar-refractivity contribution >= 4 is 0 Å². The van der Waals surface area contributed by atoms with E-state index in [1.165, 1.54) is 12.4 Å². The summed E-state index contributed by atoms with van der Waals surface area (Å²) in [5.74, 6) is 0. The predicted octanol–water partition coefficient (Wildman–Crippen LogP) is 0.544. The molecular formula is C11H10N2O2. The average molecular weight is 202 g/mol. The lowest BCUT2D eigenvalue weighted by atomic mass is 10.2. The zero-order valence-corrected chi connectivity index (χ0v) is 8.04. The third-order valence-corrected chi connectivity index (χ3v) is 2.17. The van der Waals surface area contributed by atoms with Crippen LogP contribution in [0.3, 0.4) is 0 Å². The maximum Gasteiger partial charge on any atom is 0.203 e. The van der Waals surface area contributed by atoms with Crippen LogP contribution in [0.1, 0.15) is 11.4 Å². The van der Waals surface area contributed by atoms with Crippen molar-refractivity contribution in [2.45, 2.75) is 6.42 Å². The first-order valence-corrected chi connectivity index (χ1v) is 4.61. The van der Waals surface area contributed by atoms with Crippen LogP contribution in [0.4, 0.5) is 0 Å². The van der Waals surface area contributed by atoms with Crippen molar-refractivity contribution in [1.82, 2.24) is 0 Å². The Labute approximate surface area is 87.2 Å². The molecule has 0 aliphatic heterocycles. The van der Waals surface area contributed by atoms with Gasteiger partial charge in [-0.3, -0.25) is 0 Å². The van der Waals surface area contributed by atoms with Gasteiger partial charge in [-0.15, -0.1) is 0 Å². The van der Waals surface area contributed by atoms with Gasteiger partial charge in [-0.1, -0.05) is 0 Å². The van der Waals surface area contributed by atoms with Crippen LogP contribution in [-0.2, 0) is 6.42 Å². The molecule has 0 radical (unpaired) electrons. The average Bonchev–Trinajstić information content (AvgIpc) is 2.24. The van der Waals surface area contributed by atoms with E-state index >= 15 is 0 Å². The van der Waals surface area contributed by atoms with Crippen LogP contribution in [0.15, 0.2) is 48.8 Å². The van der Waals surface area contributed by atoms with Gasteiger partial charge >= 0.3 is 0 Å². The van der Waals surface area contributed by atoms with E-state index in [0.29, 0.717) is 17.8 Å². The van der Waals surface area contributed by atoms with Gasteiger partial charge in [0.25, 0.3) is 0 Å². The van der Waals surface area contributed by atoms with Crippen LogP contribution in [0.2, 0.25) is 0 Å². The second kappa shape index (κ2) is 3.96. The molecule has 0 unspecified atom stereocenters. The normalized spacial score (nSPS) is 10.1. The molecule has 0 atom stereocenters. The Morgan fingerprint density at radius 2 is 1.27 bits per heavy atom. The number of rotatable bonds is 2. The summed E-state index contributed by atoms with van der Waals surface area (Å²) >= 11 is 0.